The first-order chi connectivity index (χ1) is 7.69. The molecular weight excluding hydrogens is 206 g/mol. The van der Waals surface area contributed by atoms with E-state index in [1.165, 1.54) is 0 Å². The van der Waals surface area contributed by atoms with E-state index < -0.39 is 0 Å². The predicted octanol–water partition coefficient (Wildman–Crippen LogP) is 1.81. The summed E-state index contributed by atoms with van der Waals surface area (Å²) in [6.45, 7) is 7.64. The van der Waals surface area contributed by atoms with Crippen molar-refractivity contribution in [2.75, 3.05) is 26.8 Å². The molecule has 0 aromatic heterocycles. The summed E-state index contributed by atoms with van der Waals surface area (Å²) in [6.07, 6.45) is 3.42. The van der Waals surface area contributed by atoms with Crippen LogP contribution in [0, 0.1) is 0 Å². The average Bonchev–Trinajstić information content (AvgIpc) is 2.28. The van der Waals surface area contributed by atoms with Crippen molar-refractivity contribution in [2.45, 2.75) is 33.5 Å². The van der Waals surface area contributed by atoms with Crippen molar-refractivity contribution in [3.05, 3.63) is 11.6 Å². The Balaban J connectivity index is 4.56. The molecule has 0 bridgehead atoms. The molecule has 0 aliphatic carbocycles. The Hall–Kier alpha value is -0.870. The molecule has 0 spiro atoms. The fraction of sp³-hybridized carbons (Fsp3) is 0.750. The summed E-state index contributed by atoms with van der Waals surface area (Å²) in [5.74, 6) is 0. The number of carbonyl (C=O) groups is 1. The summed E-state index contributed by atoms with van der Waals surface area (Å²) in [4.78, 5) is 12.2. The van der Waals surface area contributed by atoms with E-state index in [0.29, 0.717) is 19.8 Å². The summed E-state index contributed by atoms with van der Waals surface area (Å²) < 4.78 is 11.0. The Labute approximate surface area is 98.2 Å². The average molecular weight is 229 g/mol. The highest BCUT2D eigenvalue weighted by Crippen LogP contribution is 2.11. The zero-order chi connectivity index (χ0) is 12.4. The number of allylic oxidation sites excluding steroid dienone is 1. The number of ether oxygens (including phenoxy) is 2. The van der Waals surface area contributed by atoms with Crippen LogP contribution in [-0.4, -0.2) is 44.4 Å². The van der Waals surface area contributed by atoms with Gasteiger partial charge >= 0.3 is 0 Å². The minimum Gasteiger partial charge on any atom is -0.349 e. The van der Waals surface area contributed by atoms with Gasteiger partial charge in [0, 0.05) is 32.4 Å². The number of hydrogen-bond acceptors (Lipinski definition) is 3. The summed E-state index contributed by atoms with van der Waals surface area (Å²) in [5, 5.41) is 0. The molecule has 0 unspecified atom stereocenters. The highest BCUT2D eigenvalue weighted by molar-refractivity contribution is 5.47. The Morgan fingerprint density at radius 2 is 1.81 bits per heavy atom. The van der Waals surface area contributed by atoms with Crippen LogP contribution >= 0.6 is 0 Å². The van der Waals surface area contributed by atoms with Crippen molar-refractivity contribution in [1.29, 1.82) is 0 Å². The normalized spacial score (nSPS) is 11.9. The second-order valence-electron chi connectivity index (χ2n) is 3.45. The van der Waals surface area contributed by atoms with Gasteiger partial charge in [0.15, 0.2) is 6.29 Å². The number of rotatable bonds is 9. The molecule has 0 aliphatic heterocycles. The molecule has 0 saturated heterocycles. The molecule has 0 aromatic carbocycles. The third-order valence-corrected chi connectivity index (χ3v) is 2.02. The molecule has 0 heterocycles. The van der Waals surface area contributed by atoms with Gasteiger partial charge in [-0.1, -0.05) is 13.0 Å². The number of nitrogens with zero attached hydrogens (tertiary/aromatic N) is 1. The fourth-order valence-electron chi connectivity index (χ4n) is 1.39. The van der Waals surface area contributed by atoms with Crippen LogP contribution < -0.4 is 0 Å². The highest BCUT2D eigenvalue weighted by Gasteiger charge is 2.15. The molecule has 0 fully saturated rings. The molecule has 0 N–H and O–H groups in total. The molecule has 4 heteroatoms. The van der Waals surface area contributed by atoms with Crippen molar-refractivity contribution in [3.8, 4) is 0 Å². The first-order valence-corrected chi connectivity index (χ1v) is 5.77. The standard InChI is InChI=1S/C12H23NO3/c1-5-8-11(9-13(4)10-14)12(15-6-2)16-7-3/h8,10,12H,5-7,9H2,1-4H3/b11-8+. The van der Waals surface area contributed by atoms with Crippen molar-refractivity contribution < 1.29 is 14.3 Å². The molecule has 0 rings (SSSR count). The molecule has 0 aromatic rings. The highest BCUT2D eigenvalue weighted by atomic mass is 16.7. The Morgan fingerprint density at radius 1 is 1.25 bits per heavy atom. The Bertz CT molecular complexity index is 210. The lowest BCUT2D eigenvalue weighted by atomic mass is 10.2. The van der Waals surface area contributed by atoms with Gasteiger partial charge in [-0.3, -0.25) is 4.79 Å². The summed E-state index contributed by atoms with van der Waals surface area (Å²) in [5.41, 5.74) is 1.00. The summed E-state index contributed by atoms with van der Waals surface area (Å²) in [6, 6.07) is 0. The van der Waals surface area contributed by atoms with E-state index in [0.717, 1.165) is 18.4 Å². The summed E-state index contributed by atoms with van der Waals surface area (Å²) >= 11 is 0. The molecule has 16 heavy (non-hydrogen) atoms. The zero-order valence-electron chi connectivity index (χ0n) is 10.7. The smallest absolute Gasteiger partial charge is 0.209 e. The van der Waals surface area contributed by atoms with Crippen LogP contribution in [-0.2, 0) is 14.3 Å². The van der Waals surface area contributed by atoms with Crippen LogP contribution in [0.2, 0.25) is 0 Å². The van der Waals surface area contributed by atoms with Crippen molar-refractivity contribution in [3.63, 3.8) is 0 Å². The fourth-order valence-corrected chi connectivity index (χ4v) is 1.39. The van der Waals surface area contributed by atoms with Crippen LogP contribution in [0.15, 0.2) is 11.6 Å². The van der Waals surface area contributed by atoms with E-state index in [4.69, 9.17) is 9.47 Å². The number of amides is 1. The third-order valence-electron chi connectivity index (χ3n) is 2.02. The second-order valence-corrected chi connectivity index (χ2v) is 3.45. The van der Waals surface area contributed by atoms with Gasteiger partial charge in [-0.05, 0) is 20.3 Å². The lowest BCUT2D eigenvalue weighted by Gasteiger charge is -2.23. The molecular formula is C12H23NO3. The molecule has 94 valence electrons. The minimum absolute atomic E-state index is 0.336. The second kappa shape index (κ2) is 9.36. The zero-order valence-corrected chi connectivity index (χ0v) is 10.7. The van der Waals surface area contributed by atoms with Gasteiger partial charge in [0.2, 0.25) is 6.41 Å². The van der Waals surface area contributed by atoms with E-state index in [1.54, 1.807) is 11.9 Å². The van der Waals surface area contributed by atoms with Gasteiger partial charge in [0.1, 0.15) is 0 Å². The van der Waals surface area contributed by atoms with Crippen LogP contribution in [0.3, 0.4) is 0 Å². The number of carbonyl (C=O) groups excluding carboxylic acids is 1. The quantitative estimate of drug-likeness (QED) is 0.344. The van der Waals surface area contributed by atoms with Gasteiger partial charge in [-0.2, -0.15) is 0 Å². The van der Waals surface area contributed by atoms with Crippen LogP contribution in [0.4, 0.5) is 0 Å². The van der Waals surface area contributed by atoms with Crippen molar-refractivity contribution in [1.82, 2.24) is 4.90 Å². The van der Waals surface area contributed by atoms with Crippen LogP contribution in [0.1, 0.15) is 27.2 Å². The van der Waals surface area contributed by atoms with E-state index >= 15 is 0 Å². The molecule has 0 saturated carbocycles. The Kier molecular flexibility index (Phi) is 8.85. The first kappa shape index (κ1) is 15.1. The van der Waals surface area contributed by atoms with Gasteiger partial charge in [0.25, 0.3) is 0 Å². The lowest BCUT2D eigenvalue weighted by molar-refractivity contribution is -0.121. The Morgan fingerprint density at radius 3 is 2.19 bits per heavy atom. The maximum Gasteiger partial charge on any atom is 0.209 e. The molecule has 0 radical (unpaired) electrons. The number of likely N-dealkylation sites (N-methyl/N-ethyl adjacent to an activating group) is 1. The molecule has 1 amide bonds. The lowest BCUT2D eigenvalue weighted by Crippen LogP contribution is -2.28. The maximum absolute atomic E-state index is 10.6. The molecule has 4 nitrogen and oxygen atoms in total. The van der Waals surface area contributed by atoms with Gasteiger partial charge < -0.3 is 14.4 Å². The monoisotopic (exact) mass is 229 g/mol. The van der Waals surface area contributed by atoms with Gasteiger partial charge in [-0.25, -0.2) is 0 Å². The van der Waals surface area contributed by atoms with E-state index in [2.05, 4.69) is 13.0 Å². The largest absolute Gasteiger partial charge is 0.349 e. The minimum atomic E-state index is -0.336. The van der Waals surface area contributed by atoms with Crippen LogP contribution in [0.25, 0.3) is 0 Å². The van der Waals surface area contributed by atoms with E-state index in [-0.39, 0.29) is 6.29 Å². The molecule has 0 atom stereocenters. The molecule has 0 aliphatic rings. The summed E-state index contributed by atoms with van der Waals surface area (Å²) in [7, 11) is 1.74. The number of hydrogen-bond donors (Lipinski definition) is 0. The van der Waals surface area contributed by atoms with Crippen LogP contribution in [0.5, 0.6) is 0 Å². The first-order valence-electron chi connectivity index (χ1n) is 5.77. The van der Waals surface area contributed by atoms with Gasteiger partial charge in [-0.15, -0.1) is 0 Å². The maximum atomic E-state index is 10.6. The topological polar surface area (TPSA) is 38.8 Å². The van der Waals surface area contributed by atoms with Gasteiger partial charge in [0.05, 0.1) is 0 Å². The van der Waals surface area contributed by atoms with Crippen molar-refractivity contribution >= 4 is 6.41 Å². The SMILES string of the molecule is CC/C=C(\CN(C)C=O)C(OCC)OCC. The predicted molar refractivity (Wildman–Crippen MR) is 64.1 cm³/mol. The third kappa shape index (κ3) is 5.88. The van der Waals surface area contributed by atoms with E-state index in [1.807, 2.05) is 13.8 Å². The van der Waals surface area contributed by atoms with E-state index in [9.17, 15) is 4.79 Å². The van der Waals surface area contributed by atoms with Crippen molar-refractivity contribution in [2.24, 2.45) is 0 Å².